The number of nitrogens with two attached hydrogens (primary N) is 2. The van der Waals surface area contributed by atoms with Crippen molar-refractivity contribution in [1.29, 1.82) is 0 Å². The molecule has 2 aromatic carbocycles. The molecule has 1 heterocycles. The Balaban J connectivity index is 1.85. The molecule has 10 nitrogen and oxygen atoms in total. The van der Waals surface area contributed by atoms with E-state index in [0.717, 1.165) is 27.8 Å². The van der Waals surface area contributed by atoms with Crippen LogP contribution in [-0.2, 0) is 38.6 Å². The molecular formula is C26H32N4O6. The summed E-state index contributed by atoms with van der Waals surface area (Å²) >= 11 is 0. The summed E-state index contributed by atoms with van der Waals surface area (Å²) in [5.74, 6) is -2.88. The Morgan fingerprint density at radius 2 is 1.72 bits per heavy atom. The van der Waals surface area contributed by atoms with Crippen LogP contribution < -0.4 is 16.8 Å². The Labute approximate surface area is 209 Å². The zero-order valence-electron chi connectivity index (χ0n) is 20.4. The standard InChI is InChI=1S/C26H32N4O6/c1-14-9-18(31)10-15(2)19(14)12-20(27)26(36)30-13-17-6-4-3-5-16(17)11-22(30)25(35)29-21(24(28)34)7-8-23(32)33/h3-6,9-10,20-22,31H,7-8,11-13,27H2,1-2H3,(H2,28,34)(H,29,35)(H,32,33)/t20-,21-,22-/m0/s1. The number of phenols is 1. The molecule has 1 aliphatic heterocycles. The first-order valence-electron chi connectivity index (χ1n) is 11.7. The van der Waals surface area contributed by atoms with Crippen LogP contribution in [-0.4, -0.2) is 56.9 Å². The van der Waals surface area contributed by atoms with Gasteiger partial charge in [-0.1, -0.05) is 24.3 Å². The third kappa shape index (κ3) is 6.19. The quantitative estimate of drug-likeness (QED) is 0.339. The molecule has 0 spiro atoms. The highest BCUT2D eigenvalue weighted by Crippen LogP contribution is 2.26. The van der Waals surface area contributed by atoms with E-state index in [1.165, 1.54) is 4.90 Å². The van der Waals surface area contributed by atoms with Crippen molar-refractivity contribution in [3.05, 3.63) is 64.2 Å². The summed E-state index contributed by atoms with van der Waals surface area (Å²) in [5, 5.41) is 21.3. The highest BCUT2D eigenvalue weighted by atomic mass is 16.4. The summed E-state index contributed by atoms with van der Waals surface area (Å²) < 4.78 is 0. The van der Waals surface area contributed by atoms with Gasteiger partial charge in [-0.3, -0.25) is 19.2 Å². The maximum absolute atomic E-state index is 13.6. The van der Waals surface area contributed by atoms with E-state index in [-0.39, 0.29) is 38.0 Å². The van der Waals surface area contributed by atoms with Gasteiger partial charge in [0.15, 0.2) is 0 Å². The van der Waals surface area contributed by atoms with E-state index in [0.29, 0.717) is 0 Å². The molecule has 7 N–H and O–H groups in total. The third-order valence-electron chi connectivity index (χ3n) is 6.56. The minimum absolute atomic E-state index is 0.130. The number of carbonyl (C=O) groups excluding carboxylic acids is 3. The van der Waals surface area contributed by atoms with Crippen molar-refractivity contribution in [1.82, 2.24) is 10.2 Å². The third-order valence-corrected chi connectivity index (χ3v) is 6.56. The van der Waals surface area contributed by atoms with Crippen molar-refractivity contribution in [2.45, 2.75) is 64.2 Å². The fourth-order valence-electron chi connectivity index (χ4n) is 4.62. The zero-order valence-corrected chi connectivity index (χ0v) is 20.4. The Morgan fingerprint density at radius 3 is 2.31 bits per heavy atom. The summed E-state index contributed by atoms with van der Waals surface area (Å²) in [5.41, 5.74) is 15.9. The van der Waals surface area contributed by atoms with Gasteiger partial charge in [-0.25, -0.2) is 0 Å². The van der Waals surface area contributed by atoms with Crippen LogP contribution in [0.25, 0.3) is 0 Å². The normalized spacial score (nSPS) is 16.5. The van der Waals surface area contributed by atoms with Crippen molar-refractivity contribution >= 4 is 23.7 Å². The molecule has 192 valence electrons. The second-order valence-corrected chi connectivity index (χ2v) is 9.22. The second kappa shape index (κ2) is 11.2. The van der Waals surface area contributed by atoms with Crippen LogP contribution in [0.4, 0.5) is 0 Å². The van der Waals surface area contributed by atoms with E-state index < -0.39 is 41.8 Å². The molecule has 0 fully saturated rings. The van der Waals surface area contributed by atoms with Crippen LogP contribution in [0.3, 0.4) is 0 Å². The molecule has 3 atom stereocenters. The fourth-order valence-corrected chi connectivity index (χ4v) is 4.62. The van der Waals surface area contributed by atoms with Crippen LogP contribution in [0.5, 0.6) is 5.75 Å². The van der Waals surface area contributed by atoms with Gasteiger partial charge in [-0.2, -0.15) is 0 Å². The number of benzene rings is 2. The monoisotopic (exact) mass is 496 g/mol. The molecule has 36 heavy (non-hydrogen) atoms. The Bertz CT molecular complexity index is 1160. The van der Waals surface area contributed by atoms with Gasteiger partial charge in [0, 0.05) is 19.4 Å². The fraction of sp³-hybridized carbons (Fsp3) is 0.385. The minimum Gasteiger partial charge on any atom is -0.508 e. The topological polar surface area (TPSA) is 176 Å². The van der Waals surface area contributed by atoms with Gasteiger partial charge in [-0.15, -0.1) is 0 Å². The summed E-state index contributed by atoms with van der Waals surface area (Å²) in [6.07, 6.45) is -0.0826. The van der Waals surface area contributed by atoms with Crippen molar-refractivity contribution < 1.29 is 29.4 Å². The molecule has 0 bridgehead atoms. The molecule has 3 rings (SSSR count). The van der Waals surface area contributed by atoms with E-state index in [4.69, 9.17) is 16.6 Å². The largest absolute Gasteiger partial charge is 0.508 e. The van der Waals surface area contributed by atoms with Gasteiger partial charge in [0.05, 0.1) is 6.04 Å². The first-order valence-corrected chi connectivity index (χ1v) is 11.7. The lowest BCUT2D eigenvalue weighted by Gasteiger charge is -2.38. The Kier molecular flexibility index (Phi) is 8.31. The number of aromatic hydroxyl groups is 1. The number of fused-ring (bicyclic) bond motifs is 1. The number of carbonyl (C=O) groups is 4. The van der Waals surface area contributed by atoms with Crippen LogP contribution in [0.15, 0.2) is 36.4 Å². The van der Waals surface area contributed by atoms with E-state index in [9.17, 15) is 24.3 Å². The molecule has 0 saturated heterocycles. The molecule has 10 heteroatoms. The minimum atomic E-state index is -1.18. The van der Waals surface area contributed by atoms with Crippen LogP contribution >= 0.6 is 0 Å². The summed E-state index contributed by atoms with van der Waals surface area (Å²) in [7, 11) is 0. The van der Waals surface area contributed by atoms with Crippen LogP contribution in [0.1, 0.15) is 40.7 Å². The second-order valence-electron chi connectivity index (χ2n) is 9.22. The Morgan fingerprint density at radius 1 is 1.11 bits per heavy atom. The average Bonchev–Trinajstić information content (AvgIpc) is 2.81. The van der Waals surface area contributed by atoms with E-state index >= 15 is 0 Å². The maximum atomic E-state index is 13.6. The number of aliphatic carboxylic acids is 1. The number of hydrogen-bond acceptors (Lipinski definition) is 6. The number of primary amides is 1. The lowest BCUT2D eigenvalue weighted by molar-refractivity contribution is -0.143. The van der Waals surface area contributed by atoms with Crippen molar-refractivity contribution in [3.63, 3.8) is 0 Å². The molecule has 1 aliphatic rings. The number of nitrogens with zero attached hydrogens (tertiary/aromatic N) is 1. The van der Waals surface area contributed by atoms with Crippen molar-refractivity contribution in [2.75, 3.05) is 0 Å². The maximum Gasteiger partial charge on any atom is 0.303 e. The van der Waals surface area contributed by atoms with Gasteiger partial charge in [-0.05, 0) is 66.6 Å². The summed E-state index contributed by atoms with van der Waals surface area (Å²) in [6, 6.07) is 7.56. The molecule has 2 aromatic rings. The summed E-state index contributed by atoms with van der Waals surface area (Å²) in [6.45, 7) is 3.81. The zero-order chi connectivity index (χ0) is 26.6. The van der Waals surface area contributed by atoms with Gasteiger partial charge >= 0.3 is 5.97 Å². The number of carboxylic acid groups (broad SMARTS) is 1. The van der Waals surface area contributed by atoms with Crippen molar-refractivity contribution in [2.24, 2.45) is 11.5 Å². The first-order chi connectivity index (χ1) is 17.0. The molecule has 3 amide bonds. The molecule has 0 aliphatic carbocycles. The predicted octanol–water partition coefficient (Wildman–Crippen LogP) is 0.667. The van der Waals surface area contributed by atoms with Gasteiger partial charge < -0.3 is 31.9 Å². The highest BCUT2D eigenvalue weighted by molar-refractivity contribution is 5.93. The molecule has 0 unspecified atom stereocenters. The van der Waals surface area contributed by atoms with Crippen molar-refractivity contribution in [3.8, 4) is 5.75 Å². The van der Waals surface area contributed by atoms with E-state index in [2.05, 4.69) is 5.32 Å². The predicted molar refractivity (Wildman–Crippen MR) is 132 cm³/mol. The van der Waals surface area contributed by atoms with Crippen LogP contribution in [0.2, 0.25) is 0 Å². The number of nitrogens with one attached hydrogen (secondary N) is 1. The number of phenolic OH excluding ortho intramolecular Hbond substituents is 1. The number of hydrogen-bond donors (Lipinski definition) is 5. The smallest absolute Gasteiger partial charge is 0.303 e. The number of carboxylic acids is 1. The molecular weight excluding hydrogens is 464 g/mol. The summed E-state index contributed by atoms with van der Waals surface area (Å²) in [4.78, 5) is 51.0. The van der Waals surface area contributed by atoms with Gasteiger partial charge in [0.2, 0.25) is 17.7 Å². The number of aryl methyl sites for hydroxylation is 2. The van der Waals surface area contributed by atoms with Gasteiger partial charge in [0.1, 0.15) is 17.8 Å². The number of rotatable bonds is 9. The first kappa shape index (κ1) is 26.7. The average molecular weight is 497 g/mol. The van der Waals surface area contributed by atoms with E-state index in [1.807, 2.05) is 38.1 Å². The molecule has 0 aromatic heterocycles. The molecule has 0 saturated carbocycles. The van der Waals surface area contributed by atoms with Crippen LogP contribution in [0, 0.1) is 13.8 Å². The molecule has 0 radical (unpaired) electrons. The van der Waals surface area contributed by atoms with E-state index in [1.54, 1.807) is 12.1 Å². The highest BCUT2D eigenvalue weighted by Gasteiger charge is 2.37. The number of amides is 3. The lowest BCUT2D eigenvalue weighted by atomic mass is 9.91. The SMILES string of the molecule is Cc1cc(O)cc(C)c1C[C@H](N)C(=O)N1Cc2ccccc2C[C@H]1C(=O)N[C@@H](CCC(=O)O)C(N)=O. The van der Waals surface area contributed by atoms with Gasteiger partial charge in [0.25, 0.3) is 0 Å². The lowest BCUT2D eigenvalue weighted by Crippen LogP contribution is -2.59. The Hall–Kier alpha value is -3.92.